The number of benzene rings is 3. The summed E-state index contributed by atoms with van der Waals surface area (Å²) in [6.45, 7) is 1.00. The van der Waals surface area contributed by atoms with Crippen molar-refractivity contribution >= 4 is 37.6 Å². The predicted octanol–water partition coefficient (Wildman–Crippen LogP) is 4.73. The normalized spacial score (nSPS) is 11.2. The number of aryl methyl sites for hydroxylation is 1. The molecule has 0 aliphatic rings. The quantitative estimate of drug-likeness (QED) is 0.407. The molecule has 0 atom stereocenters. The Kier molecular flexibility index (Phi) is 5.30. The third-order valence-electron chi connectivity index (χ3n) is 4.65. The van der Waals surface area contributed by atoms with E-state index in [1.807, 2.05) is 30.3 Å². The number of hydrogen-bond donors (Lipinski definition) is 0. The molecule has 142 valence electrons. The highest BCUT2D eigenvalue weighted by atomic mass is 79.9. The average molecular weight is 440 g/mol. The minimum Gasteiger partial charge on any atom is -0.493 e. The van der Waals surface area contributed by atoms with Crippen molar-refractivity contribution in [2.45, 2.75) is 19.4 Å². The lowest BCUT2D eigenvalue weighted by Crippen LogP contribution is -2.25. The Labute approximate surface area is 169 Å². The number of hydrogen-bond acceptors (Lipinski definition) is 4. The van der Waals surface area contributed by atoms with Gasteiger partial charge in [0.15, 0.2) is 0 Å². The largest absolute Gasteiger partial charge is 0.493 e. The molecule has 0 unspecified atom stereocenters. The van der Waals surface area contributed by atoms with Crippen LogP contribution in [0.1, 0.15) is 12.8 Å². The Hall–Kier alpha value is -2.86. The van der Waals surface area contributed by atoms with Crippen molar-refractivity contribution in [3.05, 3.63) is 86.1 Å². The first-order valence-corrected chi connectivity index (χ1v) is 9.86. The van der Waals surface area contributed by atoms with Gasteiger partial charge in [-0.3, -0.25) is 4.57 Å². The summed E-state index contributed by atoms with van der Waals surface area (Å²) in [5, 5.41) is 2.62. The van der Waals surface area contributed by atoms with Gasteiger partial charge in [-0.2, -0.15) is 0 Å². The van der Waals surface area contributed by atoms with E-state index in [1.54, 1.807) is 18.2 Å². The lowest BCUT2D eigenvalue weighted by molar-refractivity contribution is 0.304. The van der Waals surface area contributed by atoms with Crippen molar-refractivity contribution in [3.8, 4) is 5.75 Å². The van der Waals surface area contributed by atoms with Gasteiger partial charge in [0.2, 0.25) is 0 Å². The summed E-state index contributed by atoms with van der Waals surface area (Å²) >= 11 is 3.34. The summed E-state index contributed by atoms with van der Waals surface area (Å²) in [4.78, 5) is 24.0. The monoisotopic (exact) mass is 439 g/mol. The molecular formula is C22H18BrNO4. The first-order chi connectivity index (χ1) is 13.6. The number of aromatic nitrogens is 1. The number of halogens is 1. The van der Waals surface area contributed by atoms with Crippen molar-refractivity contribution in [1.29, 1.82) is 0 Å². The molecule has 3 aromatic carbocycles. The second-order valence-corrected chi connectivity index (χ2v) is 7.42. The van der Waals surface area contributed by atoms with Crippen LogP contribution < -0.4 is 16.1 Å². The van der Waals surface area contributed by atoms with E-state index in [4.69, 9.17) is 9.15 Å². The topological polar surface area (TPSA) is 61.4 Å². The first kappa shape index (κ1) is 18.5. The van der Waals surface area contributed by atoms with Gasteiger partial charge in [-0.1, -0.05) is 52.3 Å². The molecule has 28 heavy (non-hydrogen) atoms. The van der Waals surface area contributed by atoms with Gasteiger partial charge in [0.25, 0.3) is 0 Å². The fraction of sp³-hybridized carbons (Fsp3) is 0.182. The van der Waals surface area contributed by atoms with Gasteiger partial charge in [0.1, 0.15) is 5.75 Å². The van der Waals surface area contributed by atoms with Crippen LogP contribution in [0.5, 0.6) is 5.75 Å². The van der Waals surface area contributed by atoms with Crippen molar-refractivity contribution in [2.75, 3.05) is 6.61 Å². The highest BCUT2D eigenvalue weighted by Gasteiger charge is 2.10. The van der Waals surface area contributed by atoms with Gasteiger partial charge in [-0.25, -0.2) is 9.59 Å². The molecule has 0 spiro atoms. The van der Waals surface area contributed by atoms with Gasteiger partial charge in [-0.15, -0.1) is 0 Å². The van der Waals surface area contributed by atoms with Crippen LogP contribution in [0, 0.1) is 0 Å². The van der Waals surface area contributed by atoms with E-state index in [2.05, 4.69) is 28.1 Å². The fourth-order valence-corrected chi connectivity index (χ4v) is 3.64. The van der Waals surface area contributed by atoms with Crippen LogP contribution in [-0.2, 0) is 6.54 Å². The molecular weight excluding hydrogens is 422 g/mol. The SMILES string of the molecule is O=c1oc(=O)n(CCCCOc2cccc3ccccc23)c2ccc(Br)cc12. The fourth-order valence-electron chi connectivity index (χ4n) is 3.28. The highest BCUT2D eigenvalue weighted by molar-refractivity contribution is 9.10. The summed E-state index contributed by atoms with van der Waals surface area (Å²) in [5.74, 6) is 0.228. The average Bonchev–Trinajstić information content (AvgIpc) is 2.70. The Bertz CT molecular complexity index is 1250. The van der Waals surface area contributed by atoms with Crippen molar-refractivity contribution in [1.82, 2.24) is 4.57 Å². The molecule has 0 N–H and O–H groups in total. The lowest BCUT2D eigenvalue weighted by atomic mass is 10.1. The molecule has 0 saturated carbocycles. The van der Waals surface area contributed by atoms with Gasteiger partial charge in [-0.05, 0) is 42.5 Å². The minimum absolute atomic E-state index is 0.390. The number of unbranched alkanes of at least 4 members (excludes halogenated alkanes) is 1. The molecule has 4 aromatic rings. The number of fused-ring (bicyclic) bond motifs is 2. The zero-order valence-corrected chi connectivity index (χ0v) is 16.6. The van der Waals surface area contributed by atoms with Gasteiger partial charge >= 0.3 is 11.4 Å². The van der Waals surface area contributed by atoms with E-state index in [0.717, 1.165) is 33.8 Å². The van der Waals surface area contributed by atoms with Crippen LogP contribution in [-0.4, -0.2) is 11.2 Å². The highest BCUT2D eigenvalue weighted by Crippen LogP contribution is 2.25. The van der Waals surface area contributed by atoms with E-state index in [9.17, 15) is 9.59 Å². The third-order valence-corrected chi connectivity index (χ3v) is 5.15. The van der Waals surface area contributed by atoms with Crippen molar-refractivity contribution < 1.29 is 9.15 Å². The number of nitrogens with zero attached hydrogens (tertiary/aromatic N) is 1. The molecule has 0 aliphatic carbocycles. The molecule has 5 nitrogen and oxygen atoms in total. The third kappa shape index (κ3) is 3.73. The van der Waals surface area contributed by atoms with Crippen molar-refractivity contribution in [2.24, 2.45) is 0 Å². The summed E-state index contributed by atoms with van der Waals surface area (Å²) in [6, 6.07) is 19.3. The second-order valence-electron chi connectivity index (χ2n) is 6.50. The number of ether oxygens (including phenoxy) is 1. The van der Waals surface area contributed by atoms with E-state index in [0.29, 0.717) is 24.1 Å². The lowest BCUT2D eigenvalue weighted by Gasteiger charge is -2.11. The van der Waals surface area contributed by atoms with Crippen LogP contribution in [0.25, 0.3) is 21.7 Å². The smallest absolute Gasteiger partial charge is 0.422 e. The van der Waals surface area contributed by atoms with Gasteiger partial charge < -0.3 is 9.15 Å². The second kappa shape index (κ2) is 8.02. The van der Waals surface area contributed by atoms with Crippen LogP contribution in [0.2, 0.25) is 0 Å². The molecule has 0 aliphatic heterocycles. The van der Waals surface area contributed by atoms with E-state index in [1.165, 1.54) is 4.57 Å². The zero-order chi connectivity index (χ0) is 19.5. The molecule has 0 fully saturated rings. The maximum Gasteiger partial charge on any atom is 0.422 e. The zero-order valence-electron chi connectivity index (χ0n) is 15.1. The molecule has 1 heterocycles. The van der Waals surface area contributed by atoms with Gasteiger partial charge in [0.05, 0.1) is 17.5 Å². The van der Waals surface area contributed by atoms with E-state index >= 15 is 0 Å². The minimum atomic E-state index is -0.630. The molecule has 0 radical (unpaired) electrons. The van der Waals surface area contributed by atoms with Crippen LogP contribution in [0.15, 0.2) is 79.1 Å². The van der Waals surface area contributed by atoms with Crippen LogP contribution in [0.4, 0.5) is 0 Å². The Balaban J connectivity index is 1.43. The van der Waals surface area contributed by atoms with Crippen LogP contribution in [0.3, 0.4) is 0 Å². The Morgan fingerprint density at radius 1 is 0.929 bits per heavy atom. The number of rotatable bonds is 6. The summed E-state index contributed by atoms with van der Waals surface area (Å²) in [5.41, 5.74) is -0.0312. The first-order valence-electron chi connectivity index (χ1n) is 9.07. The Morgan fingerprint density at radius 2 is 1.75 bits per heavy atom. The summed E-state index contributed by atoms with van der Waals surface area (Å²) in [7, 11) is 0. The molecule has 0 amide bonds. The molecule has 0 saturated heterocycles. The molecule has 0 bridgehead atoms. The van der Waals surface area contributed by atoms with E-state index < -0.39 is 11.4 Å². The molecule has 1 aromatic heterocycles. The Morgan fingerprint density at radius 3 is 2.64 bits per heavy atom. The van der Waals surface area contributed by atoms with E-state index in [-0.39, 0.29) is 0 Å². The standard InChI is InChI=1S/C22H18BrNO4/c23-16-10-11-19-18(14-16)21(25)28-22(26)24(19)12-3-4-13-27-20-9-5-7-15-6-1-2-8-17(15)20/h1-2,5-11,14H,3-4,12-13H2. The summed E-state index contributed by atoms with van der Waals surface area (Å²) < 4.78 is 13.1. The maximum absolute atomic E-state index is 12.1. The molecule has 6 heteroatoms. The molecule has 4 rings (SSSR count). The maximum atomic E-state index is 12.1. The van der Waals surface area contributed by atoms with Gasteiger partial charge in [0, 0.05) is 16.4 Å². The predicted molar refractivity (Wildman–Crippen MR) is 113 cm³/mol. The van der Waals surface area contributed by atoms with Crippen LogP contribution >= 0.6 is 15.9 Å². The summed E-state index contributed by atoms with van der Waals surface area (Å²) in [6.07, 6.45) is 1.50. The van der Waals surface area contributed by atoms with Crippen molar-refractivity contribution in [3.63, 3.8) is 0 Å².